The van der Waals surface area contributed by atoms with Crippen LogP contribution in [0.25, 0.3) is 17.0 Å². The summed E-state index contributed by atoms with van der Waals surface area (Å²) >= 11 is 0. The van der Waals surface area contributed by atoms with Crippen molar-refractivity contribution in [1.82, 2.24) is 4.98 Å². The Morgan fingerprint density at radius 3 is 2.77 bits per heavy atom. The molecule has 1 amide bonds. The van der Waals surface area contributed by atoms with E-state index >= 15 is 0 Å². The molecule has 0 saturated carbocycles. The second kappa shape index (κ2) is 6.18. The molecule has 0 radical (unpaired) electrons. The van der Waals surface area contributed by atoms with Gasteiger partial charge < -0.3 is 15.5 Å². The molecule has 3 aromatic rings. The summed E-state index contributed by atoms with van der Waals surface area (Å²) in [6.07, 6.45) is 4.88. The van der Waals surface area contributed by atoms with Gasteiger partial charge in [-0.25, -0.2) is 0 Å². The summed E-state index contributed by atoms with van der Waals surface area (Å²) in [7, 11) is 0. The van der Waals surface area contributed by atoms with Crippen LogP contribution < -0.4 is 10.5 Å². The van der Waals surface area contributed by atoms with Crippen molar-refractivity contribution in [1.29, 1.82) is 0 Å². The van der Waals surface area contributed by atoms with Gasteiger partial charge in [0.25, 0.3) is 0 Å². The number of rotatable bonds is 5. The number of fused-ring (bicyclic) bond motifs is 1. The zero-order valence-electron chi connectivity index (χ0n) is 12.0. The molecule has 0 saturated heterocycles. The fraction of sp³-hybridized carbons (Fsp3) is 0.0556. The van der Waals surface area contributed by atoms with E-state index in [1.54, 1.807) is 6.08 Å². The number of hydrogen-bond donors (Lipinski definition) is 2. The maximum absolute atomic E-state index is 10.9. The van der Waals surface area contributed by atoms with Crippen molar-refractivity contribution in [3.63, 3.8) is 0 Å². The lowest BCUT2D eigenvalue weighted by molar-refractivity contribution is -0.113. The van der Waals surface area contributed by atoms with Crippen LogP contribution >= 0.6 is 0 Å². The van der Waals surface area contributed by atoms with Crippen molar-refractivity contribution in [2.45, 2.75) is 6.61 Å². The van der Waals surface area contributed by atoms with Crippen molar-refractivity contribution in [3.05, 3.63) is 71.9 Å². The lowest BCUT2D eigenvalue weighted by Gasteiger charge is -2.06. The van der Waals surface area contributed by atoms with Crippen LogP contribution in [0.1, 0.15) is 11.1 Å². The maximum Gasteiger partial charge on any atom is 0.241 e. The number of hydrogen-bond acceptors (Lipinski definition) is 2. The van der Waals surface area contributed by atoms with E-state index in [9.17, 15) is 4.79 Å². The average Bonchev–Trinajstić information content (AvgIpc) is 2.94. The monoisotopic (exact) mass is 292 g/mol. The van der Waals surface area contributed by atoms with Gasteiger partial charge in [-0.2, -0.15) is 0 Å². The van der Waals surface area contributed by atoms with Crippen LogP contribution in [0, 0.1) is 0 Å². The molecule has 0 aliphatic carbocycles. The van der Waals surface area contributed by atoms with Gasteiger partial charge in [0.1, 0.15) is 12.4 Å². The highest BCUT2D eigenvalue weighted by molar-refractivity contribution is 5.95. The average molecular weight is 292 g/mol. The third-order valence-electron chi connectivity index (χ3n) is 3.36. The third-order valence-corrected chi connectivity index (χ3v) is 3.36. The highest BCUT2D eigenvalue weighted by atomic mass is 16.5. The number of aromatic amines is 1. The molecular formula is C18H16N2O2. The Morgan fingerprint density at radius 1 is 1.18 bits per heavy atom. The van der Waals surface area contributed by atoms with Gasteiger partial charge in [0.05, 0.1) is 0 Å². The Hall–Kier alpha value is -3.01. The molecule has 3 rings (SSSR count). The molecule has 0 aliphatic heterocycles. The van der Waals surface area contributed by atoms with Crippen LogP contribution in [0.15, 0.2) is 60.8 Å². The Kier molecular flexibility index (Phi) is 3.92. The smallest absolute Gasteiger partial charge is 0.241 e. The van der Waals surface area contributed by atoms with Crippen LogP contribution in [0.3, 0.4) is 0 Å². The summed E-state index contributed by atoms with van der Waals surface area (Å²) in [4.78, 5) is 14.0. The predicted octanol–water partition coefficient (Wildman–Crippen LogP) is 3.25. The number of amides is 1. The van der Waals surface area contributed by atoms with Gasteiger partial charge in [-0.3, -0.25) is 4.79 Å². The molecule has 110 valence electrons. The van der Waals surface area contributed by atoms with E-state index in [2.05, 4.69) is 4.98 Å². The molecule has 0 atom stereocenters. The molecule has 0 spiro atoms. The second-order valence-electron chi connectivity index (χ2n) is 4.96. The van der Waals surface area contributed by atoms with Gasteiger partial charge in [0.15, 0.2) is 0 Å². The molecule has 4 heteroatoms. The first kappa shape index (κ1) is 13.9. The van der Waals surface area contributed by atoms with Crippen LogP contribution in [0.2, 0.25) is 0 Å². The Morgan fingerprint density at radius 2 is 2.00 bits per heavy atom. The highest BCUT2D eigenvalue weighted by Crippen LogP contribution is 2.25. The second-order valence-corrected chi connectivity index (χ2v) is 4.96. The number of benzene rings is 2. The van der Waals surface area contributed by atoms with E-state index in [1.165, 1.54) is 6.08 Å². The number of aromatic nitrogens is 1. The van der Waals surface area contributed by atoms with Gasteiger partial charge in [-0.1, -0.05) is 30.3 Å². The maximum atomic E-state index is 10.9. The van der Waals surface area contributed by atoms with E-state index in [0.717, 1.165) is 27.8 Å². The zero-order valence-corrected chi connectivity index (χ0v) is 12.0. The Balaban J connectivity index is 1.82. The fourth-order valence-corrected chi connectivity index (χ4v) is 2.26. The van der Waals surface area contributed by atoms with E-state index in [-0.39, 0.29) is 0 Å². The summed E-state index contributed by atoms with van der Waals surface area (Å²) in [6, 6.07) is 15.8. The molecule has 3 N–H and O–H groups in total. The first-order chi connectivity index (χ1) is 10.7. The molecule has 22 heavy (non-hydrogen) atoms. The molecule has 0 unspecified atom stereocenters. The van der Waals surface area contributed by atoms with E-state index in [4.69, 9.17) is 10.5 Å². The Labute approximate surface area is 128 Å². The molecule has 4 nitrogen and oxygen atoms in total. The topological polar surface area (TPSA) is 68.1 Å². The fourth-order valence-electron chi connectivity index (χ4n) is 2.26. The summed E-state index contributed by atoms with van der Waals surface area (Å²) in [5, 5.41) is 0.989. The molecule has 2 aromatic carbocycles. The van der Waals surface area contributed by atoms with Crippen molar-refractivity contribution in [3.8, 4) is 5.75 Å². The minimum Gasteiger partial charge on any atom is -0.489 e. The SMILES string of the molecule is NC(=O)/C=C\c1c[nH]c2ccc(OCc3ccccc3)cc12. The third kappa shape index (κ3) is 3.17. The normalized spacial score (nSPS) is 11.1. The summed E-state index contributed by atoms with van der Waals surface area (Å²) in [5.41, 5.74) is 8.14. The number of primary amides is 1. The van der Waals surface area contributed by atoms with E-state index < -0.39 is 5.91 Å². The van der Waals surface area contributed by atoms with Crippen molar-refractivity contribution in [2.75, 3.05) is 0 Å². The van der Waals surface area contributed by atoms with Gasteiger partial charge in [0, 0.05) is 28.7 Å². The molecule has 0 fully saturated rings. The largest absolute Gasteiger partial charge is 0.489 e. The standard InChI is InChI=1S/C18H16N2O2/c19-18(21)9-6-14-11-20-17-8-7-15(10-16(14)17)22-12-13-4-2-1-3-5-13/h1-11,20H,12H2,(H2,19,21)/b9-6-. The minimum absolute atomic E-state index is 0.467. The summed E-state index contributed by atoms with van der Waals surface area (Å²) in [6.45, 7) is 0.517. The lowest BCUT2D eigenvalue weighted by Crippen LogP contribution is -2.04. The van der Waals surface area contributed by atoms with Crippen LogP contribution in [0.4, 0.5) is 0 Å². The highest BCUT2D eigenvalue weighted by Gasteiger charge is 2.04. The van der Waals surface area contributed by atoms with Gasteiger partial charge in [0.2, 0.25) is 5.91 Å². The lowest BCUT2D eigenvalue weighted by atomic mass is 10.1. The quantitative estimate of drug-likeness (QED) is 0.709. The number of nitrogens with two attached hydrogens (primary N) is 1. The molecule has 1 aromatic heterocycles. The van der Waals surface area contributed by atoms with Crippen LogP contribution in [-0.2, 0) is 11.4 Å². The van der Waals surface area contributed by atoms with Gasteiger partial charge >= 0.3 is 0 Å². The first-order valence-electron chi connectivity index (χ1n) is 6.98. The molecular weight excluding hydrogens is 276 g/mol. The number of nitrogens with one attached hydrogen (secondary N) is 1. The van der Waals surface area contributed by atoms with Gasteiger partial charge in [-0.05, 0) is 29.8 Å². The van der Waals surface area contributed by atoms with Crippen LogP contribution in [-0.4, -0.2) is 10.9 Å². The number of ether oxygens (including phenoxy) is 1. The number of carbonyl (C=O) groups excluding carboxylic acids is 1. The molecule has 0 aliphatic rings. The van der Waals surface area contributed by atoms with E-state index in [1.807, 2.05) is 54.7 Å². The van der Waals surface area contributed by atoms with Crippen LogP contribution in [0.5, 0.6) is 5.75 Å². The predicted molar refractivity (Wildman–Crippen MR) is 87.3 cm³/mol. The van der Waals surface area contributed by atoms with E-state index in [0.29, 0.717) is 6.61 Å². The zero-order chi connectivity index (χ0) is 15.4. The molecule has 1 heterocycles. The summed E-state index contributed by atoms with van der Waals surface area (Å²) < 4.78 is 5.82. The Bertz CT molecular complexity index is 819. The minimum atomic E-state index is -0.467. The van der Waals surface area contributed by atoms with Crippen molar-refractivity contribution >= 4 is 22.9 Å². The van der Waals surface area contributed by atoms with Gasteiger partial charge in [-0.15, -0.1) is 0 Å². The first-order valence-corrected chi connectivity index (χ1v) is 6.98. The number of H-pyrrole nitrogens is 1. The number of carbonyl (C=O) groups is 1. The summed E-state index contributed by atoms with van der Waals surface area (Å²) in [5.74, 6) is 0.315. The molecule has 0 bridgehead atoms. The van der Waals surface area contributed by atoms with Crippen molar-refractivity contribution in [2.24, 2.45) is 5.73 Å². The van der Waals surface area contributed by atoms with Crippen molar-refractivity contribution < 1.29 is 9.53 Å².